The zero-order valence-corrected chi connectivity index (χ0v) is 31.8. The van der Waals surface area contributed by atoms with Crippen molar-refractivity contribution in [3.63, 3.8) is 0 Å². The van der Waals surface area contributed by atoms with E-state index in [1.807, 2.05) is 6.07 Å². The van der Waals surface area contributed by atoms with Crippen molar-refractivity contribution < 1.29 is 4.42 Å². The summed E-state index contributed by atoms with van der Waals surface area (Å²) in [5, 5.41) is 11.4. The second-order valence-corrected chi connectivity index (χ2v) is 15.1. The van der Waals surface area contributed by atoms with Gasteiger partial charge in [-0.15, -0.1) is 0 Å². The Hall–Kier alpha value is -7.95. The topological polar surface area (TPSA) is 51.8 Å². The van der Waals surface area contributed by atoms with Crippen molar-refractivity contribution >= 4 is 65.0 Å². The molecule has 4 heteroatoms. The molecular weight excluding hydrogens is 719 g/mol. The van der Waals surface area contributed by atoms with Crippen LogP contribution in [0.1, 0.15) is 0 Å². The van der Waals surface area contributed by atoms with Gasteiger partial charge in [0.05, 0.1) is 0 Å². The van der Waals surface area contributed by atoms with Gasteiger partial charge >= 0.3 is 0 Å². The number of benzene rings is 10. The summed E-state index contributed by atoms with van der Waals surface area (Å²) < 4.78 is 6.53. The Morgan fingerprint density at radius 2 is 0.881 bits per heavy atom. The van der Waals surface area contributed by atoms with Gasteiger partial charge in [-0.05, 0) is 78.2 Å². The van der Waals surface area contributed by atoms with Gasteiger partial charge < -0.3 is 4.42 Å². The van der Waals surface area contributed by atoms with Crippen LogP contribution in [0.2, 0.25) is 0 Å². The smallest absolute Gasteiger partial charge is 0.165 e. The predicted octanol–water partition coefficient (Wildman–Crippen LogP) is 14.7. The molecule has 0 fully saturated rings. The van der Waals surface area contributed by atoms with E-state index in [0.717, 1.165) is 87.8 Å². The molecule has 0 radical (unpaired) electrons. The van der Waals surface area contributed by atoms with Crippen molar-refractivity contribution in [2.24, 2.45) is 0 Å². The average Bonchev–Trinajstić information content (AvgIpc) is 3.71. The molecule has 12 rings (SSSR count). The summed E-state index contributed by atoms with van der Waals surface area (Å²) in [6.45, 7) is 0. The van der Waals surface area contributed by atoms with Crippen LogP contribution in [0.5, 0.6) is 0 Å². The monoisotopic (exact) mass is 751 g/mol. The summed E-state index contributed by atoms with van der Waals surface area (Å²) in [4.78, 5) is 16.0. The molecule has 0 N–H and O–H groups in total. The van der Waals surface area contributed by atoms with E-state index in [0.29, 0.717) is 17.5 Å². The zero-order chi connectivity index (χ0) is 38.9. The second-order valence-electron chi connectivity index (χ2n) is 15.1. The molecule has 2 aromatic heterocycles. The van der Waals surface area contributed by atoms with Crippen molar-refractivity contribution in [3.8, 4) is 56.4 Å². The Kier molecular flexibility index (Phi) is 7.50. The standard InChI is InChI=1S/C55H33N3O/c1-2-13-34(14-3-1)40-18-10-11-22-46(40)54-56-53(57-55(58-54)51-43-20-8-6-17-39(43)33-48-41-19-7-4-15-35(41)29-31-45(48)51)38-27-25-37(26-28-38)42-23-12-24-49-50(42)47-32-30-36-16-5-9-21-44(36)52(47)59-49/h1-33H. The lowest BCUT2D eigenvalue weighted by molar-refractivity contribution is 0.673. The molecule has 0 atom stereocenters. The molecule has 4 nitrogen and oxygen atoms in total. The van der Waals surface area contributed by atoms with E-state index in [1.165, 1.54) is 16.2 Å². The van der Waals surface area contributed by atoms with E-state index in [1.54, 1.807) is 0 Å². The largest absolute Gasteiger partial charge is 0.455 e. The molecule has 12 aromatic rings. The van der Waals surface area contributed by atoms with Gasteiger partial charge in [-0.25, -0.2) is 15.0 Å². The summed E-state index contributed by atoms with van der Waals surface area (Å²) in [7, 11) is 0. The molecule has 0 bridgehead atoms. The van der Waals surface area contributed by atoms with Crippen LogP contribution in [0.25, 0.3) is 121 Å². The fourth-order valence-corrected chi connectivity index (χ4v) is 8.94. The maximum atomic E-state index is 6.53. The lowest BCUT2D eigenvalue weighted by Crippen LogP contribution is -2.02. The molecule has 0 saturated heterocycles. The van der Waals surface area contributed by atoms with Crippen molar-refractivity contribution in [2.75, 3.05) is 0 Å². The zero-order valence-electron chi connectivity index (χ0n) is 31.8. The average molecular weight is 752 g/mol. The molecule has 0 aliphatic rings. The second kappa shape index (κ2) is 13.3. The lowest BCUT2D eigenvalue weighted by Gasteiger charge is -2.15. The fourth-order valence-electron chi connectivity index (χ4n) is 8.94. The van der Waals surface area contributed by atoms with E-state index < -0.39 is 0 Å². The van der Waals surface area contributed by atoms with Crippen molar-refractivity contribution in [1.29, 1.82) is 0 Å². The third-order valence-electron chi connectivity index (χ3n) is 11.7. The quantitative estimate of drug-likeness (QED) is 0.130. The Balaban J connectivity index is 1.08. The Morgan fingerprint density at radius 3 is 1.69 bits per heavy atom. The van der Waals surface area contributed by atoms with Crippen LogP contribution < -0.4 is 0 Å². The number of fused-ring (bicyclic) bond motifs is 9. The number of hydrogen-bond acceptors (Lipinski definition) is 4. The van der Waals surface area contributed by atoms with E-state index in [2.05, 4.69) is 194 Å². The first-order valence-electron chi connectivity index (χ1n) is 19.9. The van der Waals surface area contributed by atoms with Crippen molar-refractivity contribution in [2.45, 2.75) is 0 Å². The summed E-state index contributed by atoms with van der Waals surface area (Å²) in [5.41, 5.74) is 9.00. The predicted molar refractivity (Wildman–Crippen MR) is 244 cm³/mol. The molecule has 59 heavy (non-hydrogen) atoms. The van der Waals surface area contributed by atoms with E-state index in [4.69, 9.17) is 19.4 Å². The molecule has 2 heterocycles. The van der Waals surface area contributed by atoms with Crippen LogP contribution in [0.3, 0.4) is 0 Å². The summed E-state index contributed by atoms with van der Waals surface area (Å²) in [6, 6.07) is 70.4. The Bertz CT molecular complexity index is 3610. The Labute approximate surface area is 339 Å². The molecule has 0 saturated carbocycles. The number of furan rings is 1. The van der Waals surface area contributed by atoms with Crippen molar-refractivity contribution in [3.05, 3.63) is 200 Å². The third-order valence-corrected chi connectivity index (χ3v) is 11.7. The molecule has 0 amide bonds. The highest BCUT2D eigenvalue weighted by molar-refractivity contribution is 6.20. The minimum Gasteiger partial charge on any atom is -0.455 e. The highest BCUT2D eigenvalue weighted by atomic mass is 16.3. The fraction of sp³-hybridized carbons (Fsp3) is 0. The molecular formula is C55H33N3O. The number of rotatable bonds is 5. The van der Waals surface area contributed by atoms with Gasteiger partial charge in [0.25, 0.3) is 0 Å². The first-order valence-corrected chi connectivity index (χ1v) is 19.9. The third kappa shape index (κ3) is 5.42. The van der Waals surface area contributed by atoms with Gasteiger partial charge in [0.2, 0.25) is 0 Å². The van der Waals surface area contributed by atoms with Crippen LogP contribution in [0.15, 0.2) is 205 Å². The molecule has 0 spiro atoms. The molecule has 0 unspecified atom stereocenters. The van der Waals surface area contributed by atoms with Gasteiger partial charge in [-0.3, -0.25) is 0 Å². The van der Waals surface area contributed by atoms with Crippen LogP contribution in [-0.4, -0.2) is 15.0 Å². The maximum absolute atomic E-state index is 6.53. The molecule has 0 aliphatic carbocycles. The maximum Gasteiger partial charge on any atom is 0.165 e. The van der Waals surface area contributed by atoms with E-state index >= 15 is 0 Å². The van der Waals surface area contributed by atoms with Gasteiger partial charge in [0.1, 0.15) is 11.2 Å². The van der Waals surface area contributed by atoms with Crippen LogP contribution in [0.4, 0.5) is 0 Å². The number of aromatic nitrogens is 3. The van der Waals surface area contributed by atoms with Crippen molar-refractivity contribution in [1.82, 2.24) is 15.0 Å². The molecule has 0 aliphatic heterocycles. The lowest BCUT2D eigenvalue weighted by atomic mass is 9.93. The molecule has 274 valence electrons. The normalized spacial score (nSPS) is 11.7. The van der Waals surface area contributed by atoms with Crippen LogP contribution in [0, 0.1) is 0 Å². The van der Waals surface area contributed by atoms with Gasteiger partial charge in [-0.2, -0.15) is 0 Å². The molecule has 10 aromatic carbocycles. The number of nitrogens with zero attached hydrogens (tertiary/aromatic N) is 3. The summed E-state index contributed by atoms with van der Waals surface area (Å²) in [5.74, 6) is 1.87. The van der Waals surface area contributed by atoms with E-state index in [-0.39, 0.29) is 0 Å². The first kappa shape index (κ1) is 33.2. The van der Waals surface area contributed by atoms with Gasteiger partial charge in [0, 0.05) is 32.8 Å². The summed E-state index contributed by atoms with van der Waals surface area (Å²) >= 11 is 0. The van der Waals surface area contributed by atoms with Crippen LogP contribution >= 0.6 is 0 Å². The highest BCUT2D eigenvalue weighted by Crippen LogP contribution is 2.42. The van der Waals surface area contributed by atoms with E-state index in [9.17, 15) is 0 Å². The minimum absolute atomic E-state index is 0.611. The van der Waals surface area contributed by atoms with Gasteiger partial charge in [-0.1, -0.05) is 182 Å². The minimum atomic E-state index is 0.611. The number of hydrogen-bond donors (Lipinski definition) is 0. The SMILES string of the molecule is c1ccc(-c2ccccc2-c2nc(-c3ccc(-c4cccc5oc6c7ccccc7ccc6c45)cc3)nc(-c3c4ccccc4cc4c3ccc3ccccc34)n2)cc1. The van der Waals surface area contributed by atoms with Crippen LogP contribution in [-0.2, 0) is 0 Å². The highest BCUT2D eigenvalue weighted by Gasteiger charge is 2.20. The summed E-state index contributed by atoms with van der Waals surface area (Å²) in [6.07, 6.45) is 0. The van der Waals surface area contributed by atoms with Gasteiger partial charge in [0.15, 0.2) is 17.5 Å². The Morgan fingerprint density at radius 1 is 0.305 bits per heavy atom. The first-order chi connectivity index (χ1) is 29.2.